The summed E-state index contributed by atoms with van der Waals surface area (Å²) >= 11 is 0. The number of fused-ring (bicyclic) bond motifs is 3. The predicted octanol–water partition coefficient (Wildman–Crippen LogP) is 4.13. The highest BCUT2D eigenvalue weighted by molar-refractivity contribution is 5.71. The number of nitrogens with one attached hydrogen (secondary N) is 1. The molecule has 2 aromatic rings. The Morgan fingerprint density at radius 3 is 2.84 bits per heavy atom. The molecule has 1 aliphatic carbocycles. The standard InChI is InChI=1S/C22H27N5O4/c1-21(2)7-15-8-22(3,10-21)11-26(15)20-18(27(28)29)19(24-12-25-20)23-9-14-4-5-16-17(6-14)31-13-30-16/h4-6,12,15H,7-11,13H2,1-3H3,(H,23,24,25). The van der Waals surface area contributed by atoms with Gasteiger partial charge in [0.25, 0.3) is 0 Å². The van der Waals surface area contributed by atoms with Crippen molar-refractivity contribution in [1.82, 2.24) is 9.97 Å². The van der Waals surface area contributed by atoms with Crippen LogP contribution in [0.3, 0.4) is 0 Å². The van der Waals surface area contributed by atoms with Gasteiger partial charge >= 0.3 is 5.69 Å². The van der Waals surface area contributed by atoms with E-state index in [2.05, 4.69) is 41.0 Å². The van der Waals surface area contributed by atoms with Crippen LogP contribution < -0.4 is 19.7 Å². The molecular formula is C22H27N5O4. The molecule has 0 spiro atoms. The highest BCUT2D eigenvalue weighted by atomic mass is 16.7. The number of hydrogen-bond donors (Lipinski definition) is 1. The van der Waals surface area contributed by atoms with Crippen molar-refractivity contribution < 1.29 is 14.4 Å². The van der Waals surface area contributed by atoms with Gasteiger partial charge in [-0.2, -0.15) is 0 Å². The minimum absolute atomic E-state index is 0.0581. The molecule has 0 radical (unpaired) electrons. The number of nitrogens with zero attached hydrogens (tertiary/aromatic N) is 4. The van der Waals surface area contributed by atoms with Crippen molar-refractivity contribution in [1.29, 1.82) is 0 Å². The molecule has 2 aliphatic heterocycles. The van der Waals surface area contributed by atoms with Gasteiger partial charge in [-0.15, -0.1) is 0 Å². The zero-order chi connectivity index (χ0) is 21.8. The first kappa shape index (κ1) is 19.8. The van der Waals surface area contributed by atoms with Gasteiger partial charge in [0.15, 0.2) is 11.5 Å². The average Bonchev–Trinajstić information content (AvgIpc) is 3.25. The summed E-state index contributed by atoms with van der Waals surface area (Å²) in [6.45, 7) is 8.22. The molecule has 1 N–H and O–H groups in total. The summed E-state index contributed by atoms with van der Waals surface area (Å²) in [5.74, 6) is 2.03. The lowest BCUT2D eigenvalue weighted by Gasteiger charge is -2.39. The molecule has 9 heteroatoms. The van der Waals surface area contributed by atoms with Crippen LogP contribution in [0, 0.1) is 20.9 Å². The predicted molar refractivity (Wildman–Crippen MR) is 115 cm³/mol. The van der Waals surface area contributed by atoms with Crippen LogP contribution in [-0.2, 0) is 6.54 Å². The molecule has 5 rings (SSSR count). The third-order valence-corrected chi connectivity index (χ3v) is 6.57. The molecule has 3 heterocycles. The highest BCUT2D eigenvalue weighted by Crippen LogP contribution is 2.54. The first-order valence-electron chi connectivity index (χ1n) is 10.6. The van der Waals surface area contributed by atoms with Crippen LogP contribution in [0.2, 0.25) is 0 Å². The van der Waals surface area contributed by atoms with Gasteiger partial charge in [-0.1, -0.05) is 26.8 Å². The van der Waals surface area contributed by atoms with Gasteiger partial charge in [0, 0.05) is 19.1 Å². The second-order valence-electron chi connectivity index (χ2n) is 10.0. The Morgan fingerprint density at radius 2 is 2.03 bits per heavy atom. The van der Waals surface area contributed by atoms with Gasteiger partial charge in [0.05, 0.1) is 4.92 Å². The quantitative estimate of drug-likeness (QED) is 0.563. The lowest BCUT2D eigenvalue weighted by molar-refractivity contribution is -0.383. The number of benzene rings is 1. The zero-order valence-electron chi connectivity index (χ0n) is 18.1. The Bertz CT molecular complexity index is 1040. The van der Waals surface area contributed by atoms with Crippen molar-refractivity contribution in [3.8, 4) is 11.5 Å². The number of anilines is 2. The third kappa shape index (κ3) is 3.62. The van der Waals surface area contributed by atoms with E-state index in [1.807, 2.05) is 18.2 Å². The fraction of sp³-hybridized carbons (Fsp3) is 0.545. The first-order valence-corrected chi connectivity index (χ1v) is 10.6. The van der Waals surface area contributed by atoms with Crippen molar-refractivity contribution in [3.05, 3.63) is 40.2 Å². The lowest BCUT2D eigenvalue weighted by atomic mass is 9.65. The molecule has 1 aromatic heterocycles. The fourth-order valence-electron chi connectivity index (χ4n) is 5.82. The van der Waals surface area contributed by atoms with E-state index < -0.39 is 0 Å². The number of rotatable bonds is 5. The van der Waals surface area contributed by atoms with E-state index in [1.165, 1.54) is 6.33 Å². The number of hydrogen-bond acceptors (Lipinski definition) is 8. The maximum atomic E-state index is 12.1. The first-order chi connectivity index (χ1) is 14.7. The van der Waals surface area contributed by atoms with E-state index in [9.17, 15) is 10.1 Å². The normalized spacial score (nSPS) is 25.5. The molecule has 2 unspecified atom stereocenters. The second kappa shape index (κ2) is 6.96. The Kier molecular flexibility index (Phi) is 4.46. The van der Waals surface area contributed by atoms with E-state index >= 15 is 0 Å². The molecule has 164 valence electrons. The molecule has 1 saturated carbocycles. The summed E-state index contributed by atoms with van der Waals surface area (Å²) in [5, 5.41) is 15.2. The molecule has 9 nitrogen and oxygen atoms in total. The minimum Gasteiger partial charge on any atom is -0.454 e. The molecule has 31 heavy (non-hydrogen) atoms. The third-order valence-electron chi connectivity index (χ3n) is 6.57. The molecule has 2 bridgehead atoms. The van der Waals surface area contributed by atoms with Gasteiger partial charge in [-0.3, -0.25) is 10.1 Å². The summed E-state index contributed by atoms with van der Waals surface area (Å²) in [5.41, 5.74) is 1.22. The Labute approximate surface area is 180 Å². The van der Waals surface area contributed by atoms with Gasteiger partial charge in [-0.25, -0.2) is 9.97 Å². The van der Waals surface area contributed by atoms with Gasteiger partial charge in [-0.05, 0) is 47.8 Å². The molecule has 1 aromatic carbocycles. The van der Waals surface area contributed by atoms with Crippen LogP contribution in [-0.4, -0.2) is 34.3 Å². The van der Waals surface area contributed by atoms with E-state index in [0.717, 1.165) is 31.4 Å². The van der Waals surface area contributed by atoms with Crippen molar-refractivity contribution >= 4 is 17.3 Å². The van der Waals surface area contributed by atoms with Crippen LogP contribution in [0.5, 0.6) is 11.5 Å². The zero-order valence-corrected chi connectivity index (χ0v) is 18.1. The van der Waals surface area contributed by atoms with Crippen molar-refractivity contribution in [2.45, 2.75) is 52.6 Å². The monoisotopic (exact) mass is 425 g/mol. The van der Waals surface area contributed by atoms with Crippen LogP contribution in [0.4, 0.5) is 17.3 Å². The van der Waals surface area contributed by atoms with E-state index in [1.54, 1.807) is 0 Å². The largest absolute Gasteiger partial charge is 0.454 e. The maximum absolute atomic E-state index is 12.1. The fourth-order valence-corrected chi connectivity index (χ4v) is 5.82. The highest BCUT2D eigenvalue weighted by Gasteiger charge is 2.51. The Hall–Kier alpha value is -3.10. The average molecular weight is 425 g/mol. The molecule has 2 atom stereocenters. The van der Waals surface area contributed by atoms with Crippen LogP contribution in [0.25, 0.3) is 0 Å². The smallest absolute Gasteiger partial charge is 0.353 e. The summed E-state index contributed by atoms with van der Waals surface area (Å²) in [4.78, 5) is 22.4. The number of aromatic nitrogens is 2. The maximum Gasteiger partial charge on any atom is 0.353 e. The molecule has 3 aliphatic rings. The molecule has 2 fully saturated rings. The Morgan fingerprint density at radius 1 is 1.23 bits per heavy atom. The van der Waals surface area contributed by atoms with E-state index in [0.29, 0.717) is 23.9 Å². The summed E-state index contributed by atoms with van der Waals surface area (Å²) in [6, 6.07) is 5.87. The topological polar surface area (TPSA) is 103 Å². The number of nitro groups is 1. The van der Waals surface area contributed by atoms with E-state index in [4.69, 9.17) is 9.47 Å². The van der Waals surface area contributed by atoms with Crippen LogP contribution in [0.1, 0.15) is 45.6 Å². The van der Waals surface area contributed by atoms with Crippen LogP contribution in [0.15, 0.2) is 24.5 Å². The lowest BCUT2D eigenvalue weighted by Crippen LogP contribution is -2.35. The Balaban J connectivity index is 1.43. The van der Waals surface area contributed by atoms with Crippen molar-refractivity contribution in [2.24, 2.45) is 10.8 Å². The van der Waals surface area contributed by atoms with Gasteiger partial charge < -0.3 is 19.7 Å². The van der Waals surface area contributed by atoms with Crippen molar-refractivity contribution in [2.75, 3.05) is 23.6 Å². The SMILES string of the molecule is CC1(C)CC2CC(C)(CN2c2ncnc(NCc3ccc4c(c3)OCO4)c2[N+](=O)[O-])C1. The van der Waals surface area contributed by atoms with Gasteiger partial charge in [0.2, 0.25) is 18.4 Å². The van der Waals surface area contributed by atoms with E-state index in [-0.39, 0.29) is 40.1 Å². The minimum atomic E-state index is -0.368. The van der Waals surface area contributed by atoms with Gasteiger partial charge in [0.1, 0.15) is 6.33 Å². The molecule has 1 saturated heterocycles. The van der Waals surface area contributed by atoms with Crippen LogP contribution >= 0.6 is 0 Å². The summed E-state index contributed by atoms with van der Waals surface area (Å²) in [7, 11) is 0. The molecular weight excluding hydrogens is 398 g/mol. The second-order valence-corrected chi connectivity index (χ2v) is 10.0. The summed E-state index contributed by atoms with van der Waals surface area (Å²) in [6.07, 6.45) is 4.57. The molecule has 0 amide bonds. The van der Waals surface area contributed by atoms with Crippen molar-refractivity contribution in [3.63, 3.8) is 0 Å². The number of ether oxygens (including phenoxy) is 2. The summed E-state index contributed by atoms with van der Waals surface area (Å²) < 4.78 is 10.8.